The first kappa shape index (κ1) is 23.4. The molecule has 0 saturated heterocycles. The standard InChI is InChI=1S/C30H24FNO4/c1-17(2)23-14-24-20(13-29(33)36-28(24)12-18(23)3)16-35-30(34)25-15-27(19-8-10-21(31)11-9-19)32-26-7-5-4-6-22(25)26/h4-15,17H,16H2,1-3H3. The molecule has 0 amide bonds. The minimum Gasteiger partial charge on any atom is -0.457 e. The monoisotopic (exact) mass is 481 g/mol. The van der Waals surface area contributed by atoms with E-state index in [-0.39, 0.29) is 18.3 Å². The van der Waals surface area contributed by atoms with Crippen molar-refractivity contribution in [3.8, 4) is 11.3 Å². The summed E-state index contributed by atoms with van der Waals surface area (Å²) >= 11 is 0. The number of carbonyl (C=O) groups excluding carboxylic acids is 1. The maximum atomic E-state index is 13.4. The van der Waals surface area contributed by atoms with Crippen molar-refractivity contribution in [3.63, 3.8) is 0 Å². The number of ether oxygens (including phenoxy) is 1. The van der Waals surface area contributed by atoms with Crippen molar-refractivity contribution in [1.82, 2.24) is 4.98 Å². The smallest absolute Gasteiger partial charge is 0.339 e. The zero-order valence-electron chi connectivity index (χ0n) is 20.2. The zero-order valence-corrected chi connectivity index (χ0v) is 20.2. The van der Waals surface area contributed by atoms with Gasteiger partial charge in [-0.25, -0.2) is 19.0 Å². The molecule has 2 heterocycles. The van der Waals surface area contributed by atoms with Crippen LogP contribution in [-0.2, 0) is 11.3 Å². The number of para-hydroxylation sites is 1. The van der Waals surface area contributed by atoms with Gasteiger partial charge in [0.2, 0.25) is 0 Å². The molecule has 5 rings (SSSR count). The third kappa shape index (κ3) is 4.50. The van der Waals surface area contributed by atoms with Crippen LogP contribution in [0.5, 0.6) is 0 Å². The Morgan fingerprint density at radius 3 is 2.50 bits per heavy atom. The lowest BCUT2D eigenvalue weighted by Gasteiger charge is -2.14. The summed E-state index contributed by atoms with van der Waals surface area (Å²) in [6, 6.07) is 20.1. The number of carbonyl (C=O) groups is 1. The predicted molar refractivity (Wildman–Crippen MR) is 138 cm³/mol. The molecule has 180 valence electrons. The number of hydrogen-bond donors (Lipinski definition) is 0. The lowest BCUT2D eigenvalue weighted by molar-refractivity contribution is 0.0476. The van der Waals surface area contributed by atoms with E-state index in [1.807, 2.05) is 37.3 Å². The van der Waals surface area contributed by atoms with E-state index in [1.54, 1.807) is 24.3 Å². The van der Waals surface area contributed by atoms with Crippen LogP contribution in [-0.4, -0.2) is 11.0 Å². The third-order valence-electron chi connectivity index (χ3n) is 6.27. The number of halogens is 1. The molecule has 2 aromatic heterocycles. The van der Waals surface area contributed by atoms with Crippen LogP contribution >= 0.6 is 0 Å². The van der Waals surface area contributed by atoms with Crippen LogP contribution < -0.4 is 5.63 Å². The van der Waals surface area contributed by atoms with Crippen LogP contribution in [0.2, 0.25) is 0 Å². The second kappa shape index (κ2) is 9.38. The number of aryl methyl sites for hydroxylation is 1. The van der Waals surface area contributed by atoms with Crippen molar-refractivity contribution in [2.75, 3.05) is 0 Å². The summed E-state index contributed by atoms with van der Waals surface area (Å²) in [6.45, 7) is 6.08. The molecule has 5 nitrogen and oxygen atoms in total. The molecular formula is C30H24FNO4. The molecule has 0 unspecified atom stereocenters. The third-order valence-corrected chi connectivity index (χ3v) is 6.27. The highest BCUT2D eigenvalue weighted by Crippen LogP contribution is 2.29. The SMILES string of the molecule is Cc1cc2oc(=O)cc(COC(=O)c3cc(-c4ccc(F)cc4)nc4ccccc34)c2cc1C(C)C. The number of nitrogens with zero attached hydrogens (tertiary/aromatic N) is 1. The minimum atomic E-state index is -0.547. The molecule has 0 N–H and O–H groups in total. The molecule has 3 aromatic carbocycles. The van der Waals surface area contributed by atoms with E-state index in [4.69, 9.17) is 9.15 Å². The first-order chi connectivity index (χ1) is 17.3. The maximum absolute atomic E-state index is 13.4. The van der Waals surface area contributed by atoms with E-state index < -0.39 is 11.6 Å². The zero-order chi connectivity index (χ0) is 25.4. The molecule has 0 aliphatic carbocycles. The summed E-state index contributed by atoms with van der Waals surface area (Å²) in [6.07, 6.45) is 0. The highest BCUT2D eigenvalue weighted by atomic mass is 19.1. The van der Waals surface area contributed by atoms with Crippen LogP contribution in [0.15, 0.2) is 82.0 Å². The summed E-state index contributed by atoms with van der Waals surface area (Å²) in [7, 11) is 0. The molecule has 0 spiro atoms. The van der Waals surface area contributed by atoms with Gasteiger partial charge in [-0.1, -0.05) is 32.0 Å². The van der Waals surface area contributed by atoms with Gasteiger partial charge in [0.25, 0.3) is 0 Å². The Labute approximate surface area is 207 Å². The van der Waals surface area contributed by atoms with Crippen molar-refractivity contribution >= 4 is 27.8 Å². The van der Waals surface area contributed by atoms with Crippen molar-refractivity contribution in [1.29, 1.82) is 0 Å². The normalized spacial score (nSPS) is 11.4. The number of pyridine rings is 1. The summed E-state index contributed by atoms with van der Waals surface area (Å²) < 4.78 is 24.6. The van der Waals surface area contributed by atoms with Gasteiger partial charge in [-0.05, 0) is 72.5 Å². The second-order valence-corrected chi connectivity index (χ2v) is 9.11. The number of hydrogen-bond acceptors (Lipinski definition) is 5. The lowest BCUT2D eigenvalue weighted by Crippen LogP contribution is -2.09. The van der Waals surface area contributed by atoms with E-state index in [0.717, 1.165) is 16.5 Å². The van der Waals surface area contributed by atoms with E-state index in [0.29, 0.717) is 38.9 Å². The predicted octanol–water partition coefficient (Wildman–Crippen LogP) is 6.94. The number of esters is 1. The summed E-state index contributed by atoms with van der Waals surface area (Å²) in [5.41, 5.74) is 4.87. The fourth-order valence-electron chi connectivity index (χ4n) is 4.47. The fourth-order valence-corrected chi connectivity index (χ4v) is 4.47. The first-order valence-corrected chi connectivity index (χ1v) is 11.7. The molecule has 0 saturated carbocycles. The highest BCUT2D eigenvalue weighted by Gasteiger charge is 2.17. The molecule has 6 heteroatoms. The van der Waals surface area contributed by atoms with E-state index in [2.05, 4.69) is 18.8 Å². The van der Waals surface area contributed by atoms with Crippen LogP contribution in [0.25, 0.3) is 33.1 Å². The van der Waals surface area contributed by atoms with E-state index in [1.165, 1.54) is 18.2 Å². The Balaban J connectivity index is 1.53. The number of fused-ring (bicyclic) bond motifs is 2. The molecule has 0 bridgehead atoms. The van der Waals surface area contributed by atoms with Crippen molar-refractivity contribution in [2.24, 2.45) is 0 Å². The minimum absolute atomic E-state index is 0.0932. The number of benzene rings is 3. The molecule has 0 atom stereocenters. The van der Waals surface area contributed by atoms with Crippen LogP contribution in [0, 0.1) is 12.7 Å². The highest BCUT2D eigenvalue weighted by molar-refractivity contribution is 6.04. The maximum Gasteiger partial charge on any atom is 0.339 e. The topological polar surface area (TPSA) is 69.4 Å². The number of aromatic nitrogens is 1. The van der Waals surface area contributed by atoms with E-state index >= 15 is 0 Å². The van der Waals surface area contributed by atoms with Gasteiger partial charge in [-0.15, -0.1) is 0 Å². The van der Waals surface area contributed by atoms with Gasteiger partial charge in [0.1, 0.15) is 18.0 Å². The van der Waals surface area contributed by atoms with Gasteiger partial charge in [0, 0.05) is 28.0 Å². The molecule has 5 aromatic rings. The second-order valence-electron chi connectivity index (χ2n) is 9.11. The van der Waals surface area contributed by atoms with Crippen LogP contribution in [0.3, 0.4) is 0 Å². The van der Waals surface area contributed by atoms with Gasteiger partial charge in [-0.2, -0.15) is 0 Å². The van der Waals surface area contributed by atoms with Gasteiger partial charge in [0.15, 0.2) is 0 Å². The van der Waals surface area contributed by atoms with Gasteiger partial charge < -0.3 is 9.15 Å². The summed E-state index contributed by atoms with van der Waals surface area (Å²) in [4.78, 5) is 30.2. The Morgan fingerprint density at radius 2 is 1.75 bits per heavy atom. The first-order valence-electron chi connectivity index (χ1n) is 11.7. The van der Waals surface area contributed by atoms with Gasteiger partial charge >= 0.3 is 11.6 Å². The molecule has 0 fully saturated rings. The quantitative estimate of drug-likeness (QED) is 0.201. The van der Waals surface area contributed by atoms with E-state index in [9.17, 15) is 14.0 Å². The average Bonchev–Trinajstić information content (AvgIpc) is 2.86. The fraction of sp³-hybridized carbons (Fsp3) is 0.167. The van der Waals surface area contributed by atoms with Crippen molar-refractivity contribution in [2.45, 2.75) is 33.3 Å². The Kier molecular flexibility index (Phi) is 6.10. The lowest BCUT2D eigenvalue weighted by atomic mass is 9.95. The van der Waals surface area contributed by atoms with Crippen LogP contribution in [0.4, 0.5) is 4.39 Å². The molecule has 0 aliphatic rings. The van der Waals surface area contributed by atoms with Crippen molar-refractivity contribution < 1.29 is 18.3 Å². The summed E-state index contributed by atoms with van der Waals surface area (Å²) in [5, 5.41) is 1.38. The Hall–Kier alpha value is -4.32. The van der Waals surface area contributed by atoms with Gasteiger partial charge in [0.05, 0.1) is 16.8 Å². The molecule has 36 heavy (non-hydrogen) atoms. The Morgan fingerprint density at radius 1 is 1.00 bits per heavy atom. The molecule has 0 radical (unpaired) electrons. The molecule has 0 aliphatic heterocycles. The Bertz CT molecular complexity index is 1670. The largest absolute Gasteiger partial charge is 0.457 e. The summed E-state index contributed by atoms with van der Waals surface area (Å²) in [5.74, 6) is -0.617. The van der Waals surface area contributed by atoms with Crippen molar-refractivity contribution in [3.05, 3.63) is 111 Å². The molecular weight excluding hydrogens is 457 g/mol. The van der Waals surface area contributed by atoms with Crippen LogP contribution in [0.1, 0.15) is 46.8 Å². The average molecular weight is 482 g/mol. The van der Waals surface area contributed by atoms with Gasteiger partial charge in [-0.3, -0.25) is 0 Å². The number of rotatable bonds is 5.